The first kappa shape index (κ1) is 22.4. The van der Waals surface area contributed by atoms with Crippen LogP contribution < -0.4 is 5.32 Å². The van der Waals surface area contributed by atoms with E-state index in [-0.39, 0.29) is 22.4 Å². The van der Waals surface area contributed by atoms with Crippen LogP contribution in [-0.4, -0.2) is 73.2 Å². The lowest BCUT2D eigenvalue weighted by molar-refractivity contribution is -0.125. The first-order valence-corrected chi connectivity index (χ1v) is 9.58. The molecule has 1 atom stereocenters. The molecule has 0 aromatic rings. The average Bonchev–Trinajstić information content (AvgIpc) is 2.46. The zero-order valence-corrected chi connectivity index (χ0v) is 18.0. The summed E-state index contributed by atoms with van der Waals surface area (Å²) in [4.78, 5) is 17.3. The number of nitrogens with zero attached hydrogens (tertiary/aromatic N) is 2. The van der Waals surface area contributed by atoms with Crippen LogP contribution in [0.25, 0.3) is 0 Å². The van der Waals surface area contributed by atoms with Crippen molar-refractivity contribution in [3.63, 3.8) is 0 Å². The maximum atomic E-state index is 12.5. The SMILES string of the molecule is COCC(C)C(C)(C)N1CCN(CC(=O)NC(C)(C)C(C)(C)C)CC1. The van der Waals surface area contributed by atoms with Crippen LogP contribution in [0.4, 0.5) is 0 Å². The third kappa shape index (κ3) is 5.93. The molecule has 1 aliphatic rings. The Balaban J connectivity index is 2.51. The van der Waals surface area contributed by atoms with Gasteiger partial charge in [-0.15, -0.1) is 0 Å². The van der Waals surface area contributed by atoms with E-state index >= 15 is 0 Å². The number of carbonyl (C=O) groups excluding carboxylic acids is 1. The second-order valence-corrected chi connectivity index (χ2v) is 9.70. The Hall–Kier alpha value is -0.650. The van der Waals surface area contributed by atoms with Crippen LogP contribution in [0, 0.1) is 11.3 Å². The van der Waals surface area contributed by atoms with E-state index in [1.54, 1.807) is 7.11 Å². The number of hydrogen-bond acceptors (Lipinski definition) is 4. The van der Waals surface area contributed by atoms with Gasteiger partial charge in [0.05, 0.1) is 13.2 Å². The van der Waals surface area contributed by atoms with Crippen LogP contribution in [0.2, 0.25) is 0 Å². The zero-order chi connectivity index (χ0) is 19.5. The maximum absolute atomic E-state index is 12.5. The molecule has 1 rings (SSSR count). The molecule has 0 aromatic carbocycles. The van der Waals surface area contributed by atoms with Crippen molar-refractivity contribution in [2.45, 2.75) is 66.5 Å². The fourth-order valence-electron chi connectivity index (χ4n) is 3.03. The Morgan fingerprint density at radius 2 is 1.56 bits per heavy atom. The summed E-state index contributed by atoms with van der Waals surface area (Å²) in [5, 5.41) is 3.21. The lowest BCUT2D eigenvalue weighted by atomic mass is 9.76. The van der Waals surface area contributed by atoms with Crippen LogP contribution in [0.5, 0.6) is 0 Å². The summed E-state index contributed by atoms with van der Waals surface area (Å²) in [7, 11) is 1.77. The zero-order valence-electron chi connectivity index (χ0n) is 18.0. The fraction of sp³-hybridized carbons (Fsp3) is 0.950. The molecule has 148 valence electrons. The largest absolute Gasteiger partial charge is 0.384 e. The minimum absolute atomic E-state index is 0.0306. The highest BCUT2D eigenvalue weighted by atomic mass is 16.5. The van der Waals surface area contributed by atoms with Crippen molar-refractivity contribution in [1.29, 1.82) is 0 Å². The summed E-state index contributed by atoms with van der Waals surface area (Å²) in [6, 6.07) is 0. The van der Waals surface area contributed by atoms with Crippen molar-refractivity contribution < 1.29 is 9.53 Å². The predicted molar refractivity (Wildman–Crippen MR) is 105 cm³/mol. The van der Waals surface area contributed by atoms with Crippen LogP contribution in [0.1, 0.15) is 55.4 Å². The number of ether oxygens (including phenoxy) is 1. The van der Waals surface area contributed by atoms with Crippen LogP contribution in [-0.2, 0) is 9.53 Å². The quantitative estimate of drug-likeness (QED) is 0.762. The Bertz CT molecular complexity index is 433. The number of amides is 1. The number of hydrogen-bond donors (Lipinski definition) is 1. The molecule has 1 aliphatic heterocycles. The molecule has 5 heteroatoms. The third-order valence-electron chi connectivity index (χ3n) is 6.50. The Kier molecular flexibility index (Phi) is 7.49. The van der Waals surface area contributed by atoms with E-state index < -0.39 is 0 Å². The molecule has 0 aliphatic carbocycles. The van der Waals surface area contributed by atoms with Gasteiger partial charge in [-0.2, -0.15) is 0 Å². The van der Waals surface area contributed by atoms with E-state index in [1.165, 1.54) is 0 Å². The molecule has 1 unspecified atom stereocenters. The van der Waals surface area contributed by atoms with Crippen molar-refractivity contribution >= 4 is 5.91 Å². The van der Waals surface area contributed by atoms with E-state index in [2.05, 4.69) is 70.5 Å². The number of nitrogens with one attached hydrogen (secondary N) is 1. The van der Waals surface area contributed by atoms with E-state index in [0.29, 0.717) is 12.5 Å². The minimum atomic E-state index is -0.219. The summed E-state index contributed by atoms with van der Waals surface area (Å²) in [6.45, 7) is 22.7. The molecule has 1 heterocycles. The first-order chi connectivity index (χ1) is 11.3. The van der Waals surface area contributed by atoms with E-state index in [4.69, 9.17) is 4.74 Å². The molecule has 0 aromatic heterocycles. The van der Waals surface area contributed by atoms with Gasteiger partial charge in [0.15, 0.2) is 0 Å². The molecule has 0 spiro atoms. The Labute approximate surface area is 155 Å². The summed E-state index contributed by atoms with van der Waals surface area (Å²) < 4.78 is 5.34. The molecule has 1 amide bonds. The second-order valence-electron chi connectivity index (χ2n) is 9.70. The van der Waals surface area contributed by atoms with E-state index in [9.17, 15) is 4.79 Å². The summed E-state index contributed by atoms with van der Waals surface area (Å²) >= 11 is 0. The lowest BCUT2D eigenvalue weighted by Crippen LogP contribution is -2.59. The molecule has 25 heavy (non-hydrogen) atoms. The Morgan fingerprint density at radius 1 is 1.04 bits per heavy atom. The molecular formula is C20H41N3O2. The van der Waals surface area contributed by atoms with Gasteiger partial charge in [0.1, 0.15) is 0 Å². The molecular weight excluding hydrogens is 314 g/mol. The number of methoxy groups -OCH3 is 1. The third-order valence-corrected chi connectivity index (χ3v) is 6.50. The van der Waals surface area contributed by atoms with Crippen LogP contribution in [0.3, 0.4) is 0 Å². The normalized spacial score (nSPS) is 19.7. The molecule has 1 N–H and O–H groups in total. The molecule has 0 radical (unpaired) electrons. The highest BCUT2D eigenvalue weighted by molar-refractivity contribution is 5.78. The van der Waals surface area contributed by atoms with Gasteiger partial charge >= 0.3 is 0 Å². The van der Waals surface area contributed by atoms with Gasteiger partial charge < -0.3 is 10.1 Å². The summed E-state index contributed by atoms with van der Waals surface area (Å²) in [5.74, 6) is 0.598. The summed E-state index contributed by atoms with van der Waals surface area (Å²) in [6.07, 6.45) is 0. The van der Waals surface area contributed by atoms with Crippen molar-refractivity contribution in [3.8, 4) is 0 Å². The lowest BCUT2D eigenvalue weighted by Gasteiger charge is -2.47. The topological polar surface area (TPSA) is 44.8 Å². The second kappa shape index (κ2) is 8.36. The monoisotopic (exact) mass is 355 g/mol. The molecule has 5 nitrogen and oxygen atoms in total. The standard InChI is InChI=1S/C20H41N3O2/c1-16(15-25-9)19(5,6)23-12-10-22(11-13-23)14-17(24)21-20(7,8)18(2,3)4/h16H,10-15H2,1-9H3,(H,21,24). The molecule has 1 saturated heterocycles. The van der Waals surface area contributed by atoms with E-state index in [0.717, 1.165) is 32.8 Å². The fourth-order valence-corrected chi connectivity index (χ4v) is 3.03. The number of rotatable bonds is 7. The molecule has 1 fully saturated rings. The van der Waals surface area contributed by atoms with Crippen LogP contribution >= 0.6 is 0 Å². The Morgan fingerprint density at radius 3 is 2.00 bits per heavy atom. The summed E-state index contributed by atoms with van der Waals surface area (Å²) in [5.41, 5.74) is -0.0784. The molecule has 0 saturated carbocycles. The highest BCUT2D eigenvalue weighted by Gasteiger charge is 2.36. The van der Waals surface area contributed by atoms with Gasteiger partial charge in [0.2, 0.25) is 5.91 Å². The van der Waals surface area contributed by atoms with Gasteiger partial charge in [0.25, 0.3) is 0 Å². The van der Waals surface area contributed by atoms with Gasteiger partial charge in [-0.3, -0.25) is 14.6 Å². The van der Waals surface area contributed by atoms with Crippen molar-refractivity contribution in [3.05, 3.63) is 0 Å². The average molecular weight is 356 g/mol. The minimum Gasteiger partial charge on any atom is -0.384 e. The van der Waals surface area contributed by atoms with E-state index in [1.807, 2.05) is 0 Å². The molecule has 0 bridgehead atoms. The van der Waals surface area contributed by atoms with Gasteiger partial charge in [-0.1, -0.05) is 27.7 Å². The van der Waals surface area contributed by atoms with Crippen molar-refractivity contribution in [2.75, 3.05) is 46.4 Å². The van der Waals surface area contributed by atoms with Crippen molar-refractivity contribution in [1.82, 2.24) is 15.1 Å². The predicted octanol–water partition coefficient (Wildman–Crippen LogP) is 2.61. The number of piperazine rings is 1. The number of carbonyl (C=O) groups is 1. The highest BCUT2D eigenvalue weighted by Crippen LogP contribution is 2.29. The van der Waals surface area contributed by atoms with Gasteiger partial charge in [-0.05, 0) is 39.0 Å². The maximum Gasteiger partial charge on any atom is 0.234 e. The van der Waals surface area contributed by atoms with Crippen molar-refractivity contribution in [2.24, 2.45) is 11.3 Å². The van der Waals surface area contributed by atoms with Crippen LogP contribution in [0.15, 0.2) is 0 Å². The van der Waals surface area contributed by atoms with Gasteiger partial charge in [-0.25, -0.2) is 0 Å². The van der Waals surface area contributed by atoms with Gasteiger partial charge in [0, 0.05) is 44.4 Å². The smallest absolute Gasteiger partial charge is 0.234 e. The first-order valence-electron chi connectivity index (χ1n) is 9.58.